The van der Waals surface area contributed by atoms with Crippen molar-refractivity contribution in [2.75, 3.05) is 0 Å². The van der Waals surface area contributed by atoms with Gasteiger partial charge >= 0.3 is 11.9 Å². The largest absolute Gasteiger partial charge is 0.461 e. The van der Waals surface area contributed by atoms with Crippen molar-refractivity contribution in [2.45, 2.75) is 265 Å². The van der Waals surface area contributed by atoms with E-state index in [0.717, 1.165) is 110 Å². The average Bonchev–Trinajstić information content (AvgIpc) is 3.81. The molecule has 8 aliphatic rings. The fourth-order valence-corrected chi connectivity index (χ4v) is 18.3. The van der Waals surface area contributed by atoms with Crippen molar-refractivity contribution in [2.24, 2.45) is 92.7 Å². The molecule has 0 amide bonds. The summed E-state index contributed by atoms with van der Waals surface area (Å²) in [7, 11) is 0. The molecule has 8 aliphatic carbocycles. The number of carbonyl (C=O) groups excluding carboxylic acids is 2. The van der Waals surface area contributed by atoms with Crippen LogP contribution in [0.1, 0.15) is 253 Å². The van der Waals surface area contributed by atoms with E-state index < -0.39 is 0 Å². The van der Waals surface area contributed by atoms with Crippen LogP contribution in [0.4, 0.5) is 0 Å². The maximum Gasteiger partial charge on any atom is 0.318 e. The molecular weight excluding hydrogens is 857 g/mol. The molecule has 0 N–H and O–H groups in total. The maximum absolute atomic E-state index is 13.0. The second kappa shape index (κ2) is 24.7. The summed E-state index contributed by atoms with van der Waals surface area (Å²) in [5, 5.41) is 0. The van der Waals surface area contributed by atoms with Crippen LogP contribution < -0.4 is 0 Å². The predicted octanol–water partition coefficient (Wildman–Crippen LogP) is 18.2. The van der Waals surface area contributed by atoms with E-state index in [0.29, 0.717) is 10.8 Å². The van der Waals surface area contributed by atoms with Crippen LogP contribution in [-0.4, -0.2) is 24.1 Å². The molecule has 8 rings (SSSR count). The molecule has 70 heavy (non-hydrogen) atoms. The zero-order valence-electron chi connectivity index (χ0n) is 43.8. The maximum atomic E-state index is 13.0. The number of carbonyl (C=O) groups is 2. The first-order valence-corrected chi connectivity index (χ1v) is 28.2. The summed E-state index contributed by atoms with van der Waals surface area (Å²) < 4.78 is 12.1. The van der Waals surface area contributed by atoms with Gasteiger partial charge in [0, 0.05) is 12.8 Å². The van der Waals surface area contributed by atoms with Crippen molar-refractivity contribution in [1.82, 2.24) is 0 Å². The van der Waals surface area contributed by atoms with E-state index in [1.807, 2.05) is 0 Å². The molecule has 0 radical (unpaired) electrons. The Morgan fingerprint density at radius 3 is 1.29 bits per heavy atom. The molecule has 0 aromatic carbocycles. The van der Waals surface area contributed by atoms with E-state index in [1.165, 1.54) is 103 Å². The van der Waals surface area contributed by atoms with Gasteiger partial charge in [0.15, 0.2) is 0 Å². The smallest absolute Gasteiger partial charge is 0.318 e. The lowest BCUT2D eigenvalue weighted by molar-refractivity contribution is -0.151. The Hall–Kier alpha value is -2.46. The third-order valence-electron chi connectivity index (χ3n) is 21.8. The van der Waals surface area contributed by atoms with Crippen molar-refractivity contribution >= 4 is 11.9 Å². The van der Waals surface area contributed by atoms with Gasteiger partial charge in [-0.05, 0) is 194 Å². The highest BCUT2D eigenvalue weighted by atomic mass is 16.5. The first-order chi connectivity index (χ1) is 31.5. The molecule has 0 saturated heterocycles. The number of hydrogen-bond donors (Lipinski definition) is 0. The van der Waals surface area contributed by atoms with Crippen molar-refractivity contribution < 1.29 is 19.1 Å². The Kier molecular flexibility index (Phi) is 21.2. The third kappa shape index (κ3) is 12.0. The first kappa shape index (κ1) is 60.1. The minimum absolute atomic E-state index is 0. The Labute approximate surface area is 434 Å². The standard InChI is InChI=1S/C62H94O4.4CH4/c1-41(2)17-15-19-43(5)51-27-29-53-49-25-23-45-39-47(31-35-59(45,7)55(49)33-37-61(51,53)9)65-57(63)21-13-11-12-14-22-58(64)66-48-32-36-60(8)46(40-48)24-26-50-54-30-28-52(44(6)20-16-18-42(3)4)62(54,10)38-34-56(50)60;;;;/h23-24,41-44,47-56H,15-22,25-40H2,1-10H3;4*1H4. The molecule has 0 heterocycles. The molecule has 16 atom stereocenters. The lowest BCUT2D eigenvalue weighted by Gasteiger charge is -2.58. The van der Waals surface area contributed by atoms with E-state index in [4.69, 9.17) is 9.47 Å². The second-order valence-electron chi connectivity index (χ2n) is 26.2. The number of esters is 2. The summed E-state index contributed by atoms with van der Waals surface area (Å²) >= 11 is 0. The van der Waals surface area contributed by atoms with Crippen LogP contribution in [0.5, 0.6) is 0 Å². The molecule has 4 nitrogen and oxygen atoms in total. The van der Waals surface area contributed by atoms with Crippen LogP contribution in [-0.2, 0) is 19.1 Å². The van der Waals surface area contributed by atoms with Gasteiger partial charge in [0.05, 0.1) is 0 Å². The fourth-order valence-electron chi connectivity index (χ4n) is 18.3. The van der Waals surface area contributed by atoms with Gasteiger partial charge in [0.1, 0.15) is 25.0 Å². The summed E-state index contributed by atoms with van der Waals surface area (Å²) in [6.45, 7) is 25.1. The number of ether oxygens (including phenoxy) is 2. The monoisotopic (exact) mass is 967 g/mol. The first-order valence-electron chi connectivity index (χ1n) is 28.2. The van der Waals surface area contributed by atoms with Crippen LogP contribution in [0.3, 0.4) is 0 Å². The SMILES string of the molecule is C.C.C.C.CC(C)CCCC(C)C1CCC2C3CC=C4CC(OC(=O)CC#CC#CCC(=O)OC5CCC6(C)C(=CCC7C6CCC6(C)C(C(C)CCCC(C)C)CCC76)C5)CCC4(C)C3CCC12C. The average molecular weight is 968 g/mol. The number of hydrogen-bond acceptors (Lipinski definition) is 4. The van der Waals surface area contributed by atoms with Gasteiger partial charge < -0.3 is 9.47 Å². The molecule has 398 valence electrons. The Morgan fingerprint density at radius 1 is 0.529 bits per heavy atom. The van der Waals surface area contributed by atoms with Crippen LogP contribution in [0.15, 0.2) is 23.3 Å². The lowest BCUT2D eigenvalue weighted by atomic mass is 9.47. The topological polar surface area (TPSA) is 52.6 Å². The Balaban J connectivity index is 0.00000266. The number of rotatable bonds is 14. The van der Waals surface area contributed by atoms with Crippen molar-refractivity contribution in [3.63, 3.8) is 0 Å². The Bertz CT molecular complexity index is 1790. The number of allylic oxidation sites excluding steroid dienone is 2. The lowest BCUT2D eigenvalue weighted by Crippen LogP contribution is -2.51. The van der Waals surface area contributed by atoms with E-state index in [9.17, 15) is 9.59 Å². The summed E-state index contributed by atoms with van der Waals surface area (Å²) in [4.78, 5) is 25.9. The van der Waals surface area contributed by atoms with Crippen molar-refractivity contribution in [3.8, 4) is 23.7 Å². The van der Waals surface area contributed by atoms with Gasteiger partial charge in [-0.15, -0.1) is 0 Å². The molecule has 0 aliphatic heterocycles. The molecule has 4 heteroatoms. The Morgan fingerprint density at radius 2 is 0.914 bits per heavy atom. The van der Waals surface area contributed by atoms with Gasteiger partial charge in [-0.1, -0.05) is 173 Å². The van der Waals surface area contributed by atoms with Gasteiger partial charge in [-0.2, -0.15) is 0 Å². The fraction of sp³-hybridized carbons (Fsp3) is 0.848. The number of fused-ring (bicyclic) bond motifs is 10. The van der Waals surface area contributed by atoms with Crippen molar-refractivity contribution in [3.05, 3.63) is 23.3 Å². The molecule has 6 saturated carbocycles. The summed E-state index contributed by atoms with van der Waals surface area (Å²) in [6, 6.07) is 0. The zero-order valence-corrected chi connectivity index (χ0v) is 43.8. The van der Waals surface area contributed by atoms with Gasteiger partial charge in [0.25, 0.3) is 0 Å². The summed E-state index contributed by atoms with van der Waals surface area (Å²) in [5.74, 6) is 20.8. The molecule has 6 fully saturated rings. The van der Waals surface area contributed by atoms with E-state index in [1.54, 1.807) is 11.1 Å². The molecular formula is C66H110O4. The highest BCUT2D eigenvalue weighted by Crippen LogP contribution is 2.69. The van der Waals surface area contributed by atoms with Gasteiger partial charge in [-0.25, -0.2) is 0 Å². The zero-order chi connectivity index (χ0) is 47.0. The van der Waals surface area contributed by atoms with Crippen LogP contribution in [0.2, 0.25) is 0 Å². The van der Waals surface area contributed by atoms with Crippen LogP contribution in [0.25, 0.3) is 0 Å². The van der Waals surface area contributed by atoms with Crippen LogP contribution in [0, 0.1) is 116 Å². The highest BCUT2D eigenvalue weighted by Gasteiger charge is 2.61. The van der Waals surface area contributed by atoms with Gasteiger partial charge in [0.2, 0.25) is 0 Å². The normalized spacial score (nSPS) is 38.5. The third-order valence-corrected chi connectivity index (χ3v) is 21.8. The molecule has 0 aromatic rings. The van der Waals surface area contributed by atoms with E-state index >= 15 is 0 Å². The molecule has 16 unspecified atom stereocenters. The molecule has 0 spiro atoms. The highest BCUT2D eigenvalue weighted by molar-refractivity contribution is 5.74. The quantitative estimate of drug-likeness (QED) is 0.0989. The minimum atomic E-state index is -0.260. The minimum Gasteiger partial charge on any atom is -0.461 e. The molecule has 0 bridgehead atoms. The molecule has 0 aromatic heterocycles. The summed E-state index contributed by atoms with van der Waals surface area (Å²) in [6.07, 6.45) is 32.9. The second-order valence-corrected chi connectivity index (χ2v) is 26.2. The van der Waals surface area contributed by atoms with Crippen molar-refractivity contribution in [1.29, 1.82) is 0 Å². The predicted molar refractivity (Wildman–Crippen MR) is 298 cm³/mol. The summed E-state index contributed by atoms with van der Waals surface area (Å²) in [5.41, 5.74) is 4.58. The van der Waals surface area contributed by atoms with E-state index in [-0.39, 0.29) is 77.5 Å². The van der Waals surface area contributed by atoms with E-state index in [2.05, 4.69) is 105 Å². The van der Waals surface area contributed by atoms with Gasteiger partial charge in [-0.3, -0.25) is 9.59 Å². The van der Waals surface area contributed by atoms with Crippen LogP contribution >= 0.6 is 0 Å².